The van der Waals surface area contributed by atoms with Gasteiger partial charge in [-0.15, -0.1) is 0 Å². The molecule has 0 aromatic heterocycles. The smallest absolute Gasteiger partial charge is 0.345 e. The van der Waals surface area contributed by atoms with Crippen molar-refractivity contribution in [3.8, 4) is 5.75 Å². The fourth-order valence-electron chi connectivity index (χ4n) is 1.90. The van der Waals surface area contributed by atoms with E-state index in [9.17, 15) is 9.67 Å². The molecule has 0 aliphatic heterocycles. The summed E-state index contributed by atoms with van der Waals surface area (Å²) in [6.07, 6.45) is 0.111. The predicted molar refractivity (Wildman–Crippen MR) is 54.5 cm³/mol. The minimum absolute atomic E-state index is 0.0132. The molecule has 1 aliphatic carbocycles. The number of phenols is 1. The molecule has 82 valence electrons. The summed E-state index contributed by atoms with van der Waals surface area (Å²) >= 11 is 0. The van der Waals surface area contributed by atoms with Gasteiger partial charge in [0, 0.05) is 12.8 Å². The molecule has 0 spiro atoms. The molecule has 0 saturated heterocycles. The van der Waals surface area contributed by atoms with E-state index >= 15 is 0 Å². The zero-order valence-corrected chi connectivity index (χ0v) is 8.82. The summed E-state index contributed by atoms with van der Waals surface area (Å²) in [4.78, 5) is 18.3. The highest BCUT2D eigenvalue weighted by atomic mass is 31.2. The molecule has 0 heterocycles. The number of hydrogen-bond donors (Lipinski definition) is 4. The largest absolute Gasteiger partial charge is 0.508 e. The number of rotatable bonds is 1. The first kappa shape index (κ1) is 10.6. The van der Waals surface area contributed by atoms with Crippen LogP contribution in [0, 0.1) is 0 Å². The molecule has 0 bridgehead atoms. The van der Waals surface area contributed by atoms with Gasteiger partial charge in [0.1, 0.15) is 11.0 Å². The van der Waals surface area contributed by atoms with Gasteiger partial charge in [-0.2, -0.15) is 0 Å². The Balaban J connectivity index is 2.46. The Morgan fingerprint density at radius 3 is 2.53 bits per heavy atom. The first-order valence-corrected chi connectivity index (χ1v) is 6.09. The van der Waals surface area contributed by atoms with Crippen LogP contribution < -0.4 is 5.73 Å². The zero-order chi connectivity index (χ0) is 11.3. The third kappa shape index (κ3) is 1.58. The number of fused-ring (bicyclic) bond motifs is 1. The molecular formula is C9H12NO4P. The third-order valence-electron chi connectivity index (χ3n) is 2.81. The predicted octanol–water partition coefficient (Wildman–Crippen LogP) is 0.323. The van der Waals surface area contributed by atoms with Gasteiger partial charge in [-0.3, -0.25) is 4.57 Å². The van der Waals surface area contributed by atoms with Crippen molar-refractivity contribution in [2.45, 2.75) is 18.1 Å². The van der Waals surface area contributed by atoms with Gasteiger partial charge < -0.3 is 20.6 Å². The minimum atomic E-state index is -4.36. The number of benzene rings is 1. The third-order valence-corrected chi connectivity index (χ3v) is 4.28. The van der Waals surface area contributed by atoms with Crippen molar-refractivity contribution in [3.05, 3.63) is 29.3 Å². The van der Waals surface area contributed by atoms with Crippen LogP contribution in [0.25, 0.3) is 0 Å². The monoisotopic (exact) mass is 229 g/mol. The highest BCUT2D eigenvalue weighted by molar-refractivity contribution is 7.53. The lowest BCUT2D eigenvalue weighted by atomic mass is 10.1. The van der Waals surface area contributed by atoms with Gasteiger partial charge in [-0.25, -0.2) is 0 Å². The van der Waals surface area contributed by atoms with Crippen LogP contribution in [0.2, 0.25) is 0 Å². The summed E-state index contributed by atoms with van der Waals surface area (Å²) in [5.74, 6) is 0.0493. The van der Waals surface area contributed by atoms with E-state index < -0.39 is 12.9 Å². The lowest BCUT2D eigenvalue weighted by Gasteiger charge is -2.24. The summed E-state index contributed by atoms with van der Waals surface area (Å²) < 4.78 is 11.2. The van der Waals surface area contributed by atoms with Crippen LogP contribution in [0.5, 0.6) is 5.75 Å². The number of aromatic hydroxyl groups is 1. The van der Waals surface area contributed by atoms with Crippen LogP contribution in [-0.4, -0.2) is 20.2 Å². The Bertz CT molecular complexity index is 455. The van der Waals surface area contributed by atoms with Crippen LogP contribution in [0.4, 0.5) is 0 Å². The van der Waals surface area contributed by atoms with Crippen molar-refractivity contribution >= 4 is 7.60 Å². The standard InChI is InChI=1S/C9H12NO4P/c10-9(15(12,13)14)4-6-2-1-3-8(11)7(6)5-9/h1-3,11H,4-5,10H2,(H2,12,13,14)/t9-/m0/s1. The molecule has 0 amide bonds. The maximum absolute atomic E-state index is 11.2. The van der Waals surface area contributed by atoms with E-state index in [1.54, 1.807) is 12.1 Å². The van der Waals surface area contributed by atoms with Crippen molar-refractivity contribution in [2.24, 2.45) is 5.73 Å². The Labute approximate surface area is 86.7 Å². The summed E-state index contributed by atoms with van der Waals surface area (Å²) in [5, 5.41) is 7.96. The van der Waals surface area contributed by atoms with E-state index in [-0.39, 0.29) is 18.6 Å². The van der Waals surface area contributed by atoms with Crippen LogP contribution >= 0.6 is 7.60 Å². The SMILES string of the molecule is N[C@]1(P(=O)(O)O)Cc2cccc(O)c2C1. The normalized spacial score (nSPS) is 25.3. The second-order valence-corrected chi connectivity index (χ2v) is 5.89. The minimum Gasteiger partial charge on any atom is -0.508 e. The first-order chi connectivity index (χ1) is 6.83. The number of hydrogen-bond acceptors (Lipinski definition) is 3. The maximum atomic E-state index is 11.2. The average Bonchev–Trinajstić information content (AvgIpc) is 2.43. The van der Waals surface area contributed by atoms with Gasteiger partial charge in [0.05, 0.1) is 0 Å². The van der Waals surface area contributed by atoms with Crippen molar-refractivity contribution in [1.82, 2.24) is 0 Å². The van der Waals surface area contributed by atoms with E-state index in [0.717, 1.165) is 0 Å². The topological polar surface area (TPSA) is 104 Å². The number of nitrogens with two attached hydrogens (primary N) is 1. The Hall–Kier alpha value is -0.870. The average molecular weight is 229 g/mol. The molecule has 5 nitrogen and oxygen atoms in total. The number of phenolic OH excluding ortho intramolecular Hbond substituents is 1. The molecule has 0 radical (unpaired) electrons. The summed E-state index contributed by atoms with van der Waals surface area (Å²) in [6, 6.07) is 4.85. The summed E-state index contributed by atoms with van der Waals surface area (Å²) in [7, 11) is -4.36. The lowest BCUT2D eigenvalue weighted by molar-refractivity contribution is 0.326. The van der Waals surface area contributed by atoms with E-state index in [4.69, 9.17) is 15.5 Å². The van der Waals surface area contributed by atoms with E-state index in [1.807, 2.05) is 0 Å². The van der Waals surface area contributed by atoms with Crippen LogP contribution in [0.1, 0.15) is 11.1 Å². The van der Waals surface area contributed by atoms with E-state index in [2.05, 4.69) is 0 Å². The van der Waals surface area contributed by atoms with Gasteiger partial charge >= 0.3 is 7.60 Å². The maximum Gasteiger partial charge on any atom is 0.345 e. The summed E-state index contributed by atoms with van der Waals surface area (Å²) in [6.45, 7) is 0. The van der Waals surface area contributed by atoms with Crippen molar-refractivity contribution < 1.29 is 19.5 Å². The first-order valence-electron chi connectivity index (χ1n) is 4.48. The lowest BCUT2D eigenvalue weighted by Crippen LogP contribution is -2.40. The Morgan fingerprint density at radius 2 is 2.00 bits per heavy atom. The quantitative estimate of drug-likeness (QED) is 0.519. The molecular weight excluding hydrogens is 217 g/mol. The second kappa shape index (κ2) is 3.06. The fourth-order valence-corrected chi connectivity index (χ4v) is 2.64. The van der Waals surface area contributed by atoms with E-state index in [1.165, 1.54) is 6.07 Å². The van der Waals surface area contributed by atoms with Gasteiger partial charge in [0.25, 0.3) is 0 Å². The molecule has 1 aromatic carbocycles. The molecule has 1 aliphatic rings. The molecule has 15 heavy (non-hydrogen) atoms. The second-order valence-electron chi connectivity index (χ2n) is 3.92. The Morgan fingerprint density at radius 1 is 1.33 bits per heavy atom. The van der Waals surface area contributed by atoms with Crippen molar-refractivity contribution in [1.29, 1.82) is 0 Å². The van der Waals surface area contributed by atoms with Crippen LogP contribution in [-0.2, 0) is 17.4 Å². The van der Waals surface area contributed by atoms with Crippen LogP contribution in [0.15, 0.2) is 18.2 Å². The highest BCUT2D eigenvalue weighted by Crippen LogP contribution is 2.54. The molecule has 5 N–H and O–H groups in total. The van der Waals surface area contributed by atoms with Gasteiger partial charge in [0.2, 0.25) is 0 Å². The molecule has 2 rings (SSSR count). The molecule has 6 heteroatoms. The van der Waals surface area contributed by atoms with Crippen LogP contribution in [0.3, 0.4) is 0 Å². The summed E-state index contributed by atoms with van der Waals surface area (Å²) in [5.41, 5.74) is 6.93. The van der Waals surface area contributed by atoms with E-state index in [0.29, 0.717) is 11.1 Å². The van der Waals surface area contributed by atoms with Crippen molar-refractivity contribution in [3.63, 3.8) is 0 Å². The van der Waals surface area contributed by atoms with Crippen molar-refractivity contribution in [2.75, 3.05) is 0 Å². The molecule has 0 fully saturated rings. The van der Waals surface area contributed by atoms with Gasteiger partial charge in [-0.05, 0) is 17.2 Å². The zero-order valence-electron chi connectivity index (χ0n) is 7.92. The highest BCUT2D eigenvalue weighted by Gasteiger charge is 2.48. The molecule has 1 aromatic rings. The molecule has 0 saturated carbocycles. The molecule has 1 atom stereocenters. The van der Waals surface area contributed by atoms with Gasteiger partial charge in [0.15, 0.2) is 0 Å². The molecule has 0 unspecified atom stereocenters. The Kier molecular flexibility index (Phi) is 2.17. The fraction of sp³-hybridized carbons (Fsp3) is 0.333. The van der Waals surface area contributed by atoms with Gasteiger partial charge in [-0.1, -0.05) is 12.1 Å².